The van der Waals surface area contributed by atoms with Crippen LogP contribution in [0.25, 0.3) is 0 Å². The number of benzene rings is 1. The molecule has 0 spiro atoms. The van der Waals surface area contributed by atoms with E-state index in [4.69, 9.17) is 21.1 Å². The molecule has 0 saturated heterocycles. The molecule has 1 aromatic rings. The summed E-state index contributed by atoms with van der Waals surface area (Å²) in [6.07, 6.45) is 0. The van der Waals surface area contributed by atoms with Gasteiger partial charge in [0.2, 0.25) is 0 Å². The fourth-order valence-electron chi connectivity index (χ4n) is 1.70. The van der Waals surface area contributed by atoms with Crippen molar-refractivity contribution in [3.8, 4) is 0 Å². The Morgan fingerprint density at radius 2 is 1.84 bits per heavy atom. The molecule has 0 aliphatic heterocycles. The summed E-state index contributed by atoms with van der Waals surface area (Å²) in [7, 11) is 3.20. The summed E-state index contributed by atoms with van der Waals surface area (Å²) in [5.41, 5.74) is 0.797. The Morgan fingerprint density at radius 1 is 1.26 bits per heavy atom. The zero-order valence-corrected chi connectivity index (χ0v) is 11.8. The monoisotopic (exact) mass is 287 g/mol. The lowest BCUT2D eigenvalue weighted by Crippen LogP contribution is -2.32. The topological polar surface area (TPSA) is 59.0 Å². The Labute approximate surface area is 117 Å². The summed E-state index contributed by atoms with van der Waals surface area (Å²) in [4.78, 5) is 13.1. The quantitative estimate of drug-likeness (QED) is 0.794. The van der Waals surface area contributed by atoms with E-state index in [0.29, 0.717) is 37.0 Å². The Bertz CT molecular complexity index is 417. The molecule has 19 heavy (non-hydrogen) atoms. The number of aromatic carboxylic acids is 1. The molecule has 0 atom stereocenters. The molecule has 0 saturated carbocycles. The van der Waals surface area contributed by atoms with Crippen molar-refractivity contribution < 1.29 is 19.4 Å². The van der Waals surface area contributed by atoms with Crippen LogP contribution < -0.4 is 4.90 Å². The molecule has 6 heteroatoms. The summed E-state index contributed by atoms with van der Waals surface area (Å²) in [6, 6.07) is 4.72. The van der Waals surface area contributed by atoms with Crippen LogP contribution in [0.1, 0.15) is 10.4 Å². The second-order valence-electron chi connectivity index (χ2n) is 3.94. The maximum absolute atomic E-state index is 11.3. The molecule has 0 aliphatic rings. The second-order valence-corrected chi connectivity index (χ2v) is 4.38. The maximum atomic E-state index is 11.3. The molecule has 1 aromatic carbocycles. The first-order valence-electron chi connectivity index (χ1n) is 5.85. The Hall–Kier alpha value is -1.30. The molecule has 1 rings (SSSR count). The zero-order chi connectivity index (χ0) is 14.3. The third-order valence-electron chi connectivity index (χ3n) is 2.66. The predicted molar refractivity (Wildman–Crippen MR) is 74.4 cm³/mol. The molecule has 0 bridgehead atoms. The minimum absolute atomic E-state index is 0.219. The lowest BCUT2D eigenvalue weighted by Gasteiger charge is -2.25. The number of carboxylic acids is 1. The van der Waals surface area contributed by atoms with Gasteiger partial charge in [0.1, 0.15) is 0 Å². The van der Waals surface area contributed by atoms with Crippen LogP contribution in [0.15, 0.2) is 18.2 Å². The highest BCUT2D eigenvalue weighted by Crippen LogP contribution is 2.25. The molecular weight excluding hydrogens is 270 g/mol. The van der Waals surface area contributed by atoms with Gasteiger partial charge in [-0.2, -0.15) is 0 Å². The summed E-state index contributed by atoms with van der Waals surface area (Å²) in [6.45, 7) is 2.13. The largest absolute Gasteiger partial charge is 0.478 e. The molecule has 0 unspecified atom stereocenters. The lowest BCUT2D eigenvalue weighted by molar-refractivity contribution is 0.0697. The van der Waals surface area contributed by atoms with Gasteiger partial charge in [-0.25, -0.2) is 4.79 Å². The highest BCUT2D eigenvalue weighted by molar-refractivity contribution is 6.31. The van der Waals surface area contributed by atoms with Gasteiger partial charge in [-0.3, -0.25) is 0 Å². The average molecular weight is 288 g/mol. The van der Waals surface area contributed by atoms with Gasteiger partial charge in [0.25, 0.3) is 0 Å². The van der Waals surface area contributed by atoms with E-state index in [0.717, 1.165) is 0 Å². The standard InChI is InChI=1S/C13H18ClNO4/c1-18-7-5-15(6-8-19-2)12-9-10(14)3-4-11(12)13(16)17/h3-4,9H,5-8H2,1-2H3,(H,16,17). The third kappa shape index (κ3) is 4.70. The molecule has 0 amide bonds. The number of rotatable bonds is 8. The van der Waals surface area contributed by atoms with Crippen LogP contribution in [0.2, 0.25) is 5.02 Å². The van der Waals surface area contributed by atoms with Gasteiger partial charge in [0.05, 0.1) is 24.5 Å². The summed E-state index contributed by atoms with van der Waals surface area (Å²) < 4.78 is 10.1. The number of halogens is 1. The first-order chi connectivity index (χ1) is 9.10. The summed E-state index contributed by atoms with van der Waals surface area (Å²) >= 11 is 5.95. The number of nitrogens with zero attached hydrogens (tertiary/aromatic N) is 1. The van der Waals surface area contributed by atoms with Crippen LogP contribution in [-0.2, 0) is 9.47 Å². The van der Waals surface area contributed by atoms with E-state index in [1.54, 1.807) is 26.4 Å². The normalized spacial score (nSPS) is 10.5. The fraction of sp³-hybridized carbons (Fsp3) is 0.462. The number of carbonyl (C=O) groups is 1. The van der Waals surface area contributed by atoms with Gasteiger partial charge in [0.15, 0.2) is 0 Å². The Kier molecular flexibility index (Phi) is 6.62. The van der Waals surface area contributed by atoms with Crippen molar-refractivity contribution in [2.75, 3.05) is 45.4 Å². The van der Waals surface area contributed by atoms with Crippen molar-refractivity contribution in [1.29, 1.82) is 0 Å². The summed E-state index contributed by atoms with van der Waals surface area (Å²) in [5, 5.41) is 9.72. The molecule has 0 fully saturated rings. The van der Waals surface area contributed by atoms with Crippen molar-refractivity contribution in [1.82, 2.24) is 0 Å². The average Bonchev–Trinajstić information content (AvgIpc) is 2.38. The number of methoxy groups -OCH3 is 2. The second kappa shape index (κ2) is 7.99. The third-order valence-corrected chi connectivity index (χ3v) is 2.90. The van der Waals surface area contributed by atoms with Gasteiger partial charge in [-0.1, -0.05) is 11.6 Å². The molecule has 0 radical (unpaired) electrons. The van der Waals surface area contributed by atoms with E-state index in [-0.39, 0.29) is 5.56 Å². The van der Waals surface area contributed by atoms with Crippen LogP contribution in [0, 0.1) is 0 Å². The lowest BCUT2D eigenvalue weighted by atomic mass is 10.1. The summed E-state index contributed by atoms with van der Waals surface area (Å²) in [5.74, 6) is -0.980. The molecule has 1 N–H and O–H groups in total. The van der Waals surface area contributed by atoms with Crippen molar-refractivity contribution in [2.45, 2.75) is 0 Å². The fourth-order valence-corrected chi connectivity index (χ4v) is 1.87. The smallest absolute Gasteiger partial charge is 0.337 e. The molecular formula is C13H18ClNO4. The van der Waals surface area contributed by atoms with Gasteiger partial charge in [0, 0.05) is 32.3 Å². The SMILES string of the molecule is COCCN(CCOC)c1cc(Cl)ccc1C(=O)O. The van der Waals surface area contributed by atoms with Crippen molar-refractivity contribution in [2.24, 2.45) is 0 Å². The van der Waals surface area contributed by atoms with Gasteiger partial charge in [-0.15, -0.1) is 0 Å². The van der Waals surface area contributed by atoms with Crippen LogP contribution in [-0.4, -0.2) is 51.6 Å². The van der Waals surface area contributed by atoms with E-state index in [2.05, 4.69) is 0 Å². The van der Waals surface area contributed by atoms with Crippen LogP contribution in [0.3, 0.4) is 0 Å². The first kappa shape index (κ1) is 15.8. The highest BCUT2D eigenvalue weighted by Gasteiger charge is 2.16. The Morgan fingerprint density at radius 3 is 2.32 bits per heavy atom. The van der Waals surface area contributed by atoms with E-state index >= 15 is 0 Å². The maximum Gasteiger partial charge on any atom is 0.337 e. The number of anilines is 1. The number of carboxylic acid groups (broad SMARTS) is 1. The highest BCUT2D eigenvalue weighted by atomic mass is 35.5. The predicted octanol–water partition coefficient (Wildman–Crippen LogP) is 2.14. The minimum atomic E-state index is -0.980. The molecule has 0 aliphatic carbocycles. The molecule has 5 nitrogen and oxygen atoms in total. The van der Waals surface area contributed by atoms with Crippen molar-refractivity contribution in [3.05, 3.63) is 28.8 Å². The van der Waals surface area contributed by atoms with Crippen LogP contribution in [0.4, 0.5) is 5.69 Å². The van der Waals surface area contributed by atoms with E-state index in [9.17, 15) is 9.90 Å². The molecule has 0 aromatic heterocycles. The van der Waals surface area contributed by atoms with E-state index < -0.39 is 5.97 Å². The molecule has 0 heterocycles. The number of hydrogen-bond donors (Lipinski definition) is 1. The van der Waals surface area contributed by atoms with Gasteiger partial charge >= 0.3 is 5.97 Å². The van der Waals surface area contributed by atoms with E-state index in [1.165, 1.54) is 6.07 Å². The first-order valence-corrected chi connectivity index (χ1v) is 6.23. The zero-order valence-electron chi connectivity index (χ0n) is 11.1. The van der Waals surface area contributed by atoms with Crippen LogP contribution >= 0.6 is 11.6 Å². The minimum Gasteiger partial charge on any atom is -0.478 e. The van der Waals surface area contributed by atoms with Crippen molar-refractivity contribution in [3.63, 3.8) is 0 Å². The van der Waals surface area contributed by atoms with Crippen molar-refractivity contribution >= 4 is 23.3 Å². The van der Waals surface area contributed by atoms with Gasteiger partial charge < -0.3 is 19.5 Å². The molecule has 106 valence electrons. The number of hydrogen-bond acceptors (Lipinski definition) is 4. The Balaban J connectivity index is 3.03. The van der Waals surface area contributed by atoms with E-state index in [1.807, 2.05) is 4.90 Å². The van der Waals surface area contributed by atoms with Crippen LogP contribution in [0.5, 0.6) is 0 Å². The van der Waals surface area contributed by atoms with Gasteiger partial charge in [-0.05, 0) is 18.2 Å². The number of ether oxygens (including phenoxy) is 2.